The number of allylic oxidation sites excluding steroid dienone is 1. The molecule has 2 N–H and O–H groups in total. The van der Waals surface area contributed by atoms with Crippen LogP contribution in [0.25, 0.3) is 0 Å². The van der Waals surface area contributed by atoms with Crippen molar-refractivity contribution in [3.63, 3.8) is 0 Å². The van der Waals surface area contributed by atoms with E-state index in [-0.39, 0.29) is 0 Å². The van der Waals surface area contributed by atoms with Gasteiger partial charge in [-0.1, -0.05) is 31.9 Å². The van der Waals surface area contributed by atoms with Crippen molar-refractivity contribution in [2.24, 2.45) is 11.7 Å². The molecule has 0 aromatic carbocycles. The van der Waals surface area contributed by atoms with Crippen molar-refractivity contribution in [3.05, 3.63) is 11.6 Å². The predicted octanol–water partition coefficient (Wildman–Crippen LogP) is 2.86. The van der Waals surface area contributed by atoms with Crippen molar-refractivity contribution in [1.82, 2.24) is 0 Å². The summed E-state index contributed by atoms with van der Waals surface area (Å²) in [4.78, 5) is 0. The minimum atomic E-state index is 0.295. The van der Waals surface area contributed by atoms with E-state index in [1.54, 1.807) is 5.57 Å². The highest BCUT2D eigenvalue weighted by Gasteiger charge is 2.11. The van der Waals surface area contributed by atoms with E-state index in [0.717, 1.165) is 0 Å². The van der Waals surface area contributed by atoms with Gasteiger partial charge in [0.15, 0.2) is 0 Å². The Bertz CT molecular complexity index is 152. The second-order valence-electron chi connectivity index (χ2n) is 3.99. The largest absolute Gasteiger partial charge is 0.324 e. The van der Waals surface area contributed by atoms with Crippen molar-refractivity contribution in [2.75, 3.05) is 0 Å². The van der Waals surface area contributed by atoms with Crippen molar-refractivity contribution in [3.8, 4) is 0 Å². The van der Waals surface area contributed by atoms with E-state index in [1.807, 2.05) is 0 Å². The van der Waals surface area contributed by atoms with Crippen LogP contribution in [0.3, 0.4) is 0 Å². The van der Waals surface area contributed by atoms with Crippen LogP contribution in [0, 0.1) is 5.92 Å². The van der Waals surface area contributed by atoms with E-state index in [0.29, 0.717) is 12.0 Å². The molecule has 1 fully saturated rings. The third kappa shape index (κ3) is 2.63. The summed E-state index contributed by atoms with van der Waals surface area (Å²) in [7, 11) is 0. The molecule has 12 heavy (non-hydrogen) atoms. The number of hydrogen-bond acceptors (Lipinski definition) is 1. The summed E-state index contributed by atoms with van der Waals surface area (Å²) in [6, 6.07) is 0.295. The van der Waals surface area contributed by atoms with Crippen molar-refractivity contribution >= 4 is 0 Å². The fraction of sp³-hybridized carbons (Fsp3) is 0.818. The van der Waals surface area contributed by atoms with Crippen LogP contribution >= 0.6 is 0 Å². The monoisotopic (exact) mass is 167 g/mol. The maximum Gasteiger partial charge on any atom is 0.0252 e. The standard InChI is InChI=1S/C11H21N/c1-3-9(2)11(12)8-10-6-4-5-7-10/h8-9,11H,3-7,12H2,1-2H3/t9-,11-/m1/s1. The van der Waals surface area contributed by atoms with Crippen molar-refractivity contribution in [2.45, 2.75) is 52.0 Å². The smallest absolute Gasteiger partial charge is 0.0252 e. The quantitative estimate of drug-likeness (QED) is 0.643. The van der Waals surface area contributed by atoms with Crippen LogP contribution in [-0.4, -0.2) is 6.04 Å². The zero-order valence-electron chi connectivity index (χ0n) is 8.34. The Hall–Kier alpha value is -0.300. The molecule has 70 valence electrons. The predicted molar refractivity (Wildman–Crippen MR) is 54.0 cm³/mol. The second kappa shape index (κ2) is 4.66. The Morgan fingerprint density at radius 1 is 1.42 bits per heavy atom. The van der Waals surface area contributed by atoms with Gasteiger partial charge in [0.05, 0.1) is 0 Å². The third-order valence-corrected chi connectivity index (χ3v) is 2.97. The van der Waals surface area contributed by atoms with Gasteiger partial charge in [0.25, 0.3) is 0 Å². The highest BCUT2D eigenvalue weighted by Crippen LogP contribution is 2.24. The molecular weight excluding hydrogens is 146 g/mol. The molecule has 0 saturated heterocycles. The van der Waals surface area contributed by atoms with Crippen LogP contribution in [0.1, 0.15) is 46.0 Å². The summed E-state index contributed by atoms with van der Waals surface area (Å²) in [6.45, 7) is 4.44. The topological polar surface area (TPSA) is 26.0 Å². The number of hydrogen-bond donors (Lipinski definition) is 1. The minimum Gasteiger partial charge on any atom is -0.324 e. The molecule has 0 heterocycles. The lowest BCUT2D eigenvalue weighted by molar-refractivity contribution is 0.500. The Morgan fingerprint density at radius 3 is 2.50 bits per heavy atom. The third-order valence-electron chi connectivity index (χ3n) is 2.97. The molecule has 1 heteroatoms. The Morgan fingerprint density at radius 2 is 2.00 bits per heavy atom. The Labute approximate surface area is 76.0 Å². The van der Waals surface area contributed by atoms with E-state index in [9.17, 15) is 0 Å². The molecular formula is C11H21N. The molecule has 0 spiro atoms. The van der Waals surface area contributed by atoms with E-state index in [1.165, 1.54) is 32.1 Å². The van der Waals surface area contributed by atoms with E-state index >= 15 is 0 Å². The lowest BCUT2D eigenvalue weighted by Gasteiger charge is -2.14. The first-order chi connectivity index (χ1) is 5.74. The van der Waals surface area contributed by atoms with E-state index < -0.39 is 0 Å². The van der Waals surface area contributed by atoms with Gasteiger partial charge in [-0.25, -0.2) is 0 Å². The van der Waals surface area contributed by atoms with Gasteiger partial charge >= 0.3 is 0 Å². The van der Waals surface area contributed by atoms with Crippen molar-refractivity contribution in [1.29, 1.82) is 0 Å². The van der Waals surface area contributed by atoms with Crippen LogP contribution in [0.15, 0.2) is 11.6 Å². The lowest BCUT2D eigenvalue weighted by Crippen LogP contribution is -2.25. The molecule has 1 saturated carbocycles. The van der Waals surface area contributed by atoms with Crippen LogP contribution in [-0.2, 0) is 0 Å². The molecule has 0 radical (unpaired) electrons. The number of rotatable bonds is 3. The average Bonchev–Trinajstić information content (AvgIpc) is 2.55. The summed E-state index contributed by atoms with van der Waals surface area (Å²) in [5.74, 6) is 0.637. The molecule has 0 unspecified atom stereocenters. The number of nitrogens with two attached hydrogens (primary N) is 1. The molecule has 1 nitrogen and oxygen atoms in total. The van der Waals surface area contributed by atoms with Crippen molar-refractivity contribution < 1.29 is 0 Å². The maximum atomic E-state index is 6.03. The molecule has 0 aliphatic heterocycles. The first-order valence-corrected chi connectivity index (χ1v) is 5.19. The molecule has 1 aliphatic rings. The van der Waals surface area contributed by atoms with Crippen LogP contribution in [0.4, 0.5) is 0 Å². The fourth-order valence-corrected chi connectivity index (χ4v) is 1.70. The molecule has 0 aromatic heterocycles. The zero-order chi connectivity index (χ0) is 8.97. The summed E-state index contributed by atoms with van der Waals surface area (Å²) < 4.78 is 0. The highest BCUT2D eigenvalue weighted by atomic mass is 14.6. The van der Waals surface area contributed by atoms with Gasteiger partial charge in [0, 0.05) is 6.04 Å². The Balaban J connectivity index is 2.42. The highest BCUT2D eigenvalue weighted by molar-refractivity contribution is 5.10. The summed E-state index contributed by atoms with van der Waals surface area (Å²) in [5, 5.41) is 0. The van der Waals surface area contributed by atoms with Gasteiger partial charge in [0.2, 0.25) is 0 Å². The maximum absolute atomic E-state index is 6.03. The van der Waals surface area contributed by atoms with Crippen LogP contribution in [0.5, 0.6) is 0 Å². The fourth-order valence-electron chi connectivity index (χ4n) is 1.70. The summed E-state index contributed by atoms with van der Waals surface area (Å²) in [5.41, 5.74) is 7.63. The lowest BCUT2D eigenvalue weighted by atomic mass is 9.97. The Kier molecular flexibility index (Phi) is 3.80. The molecule has 0 aromatic rings. The molecule has 0 bridgehead atoms. The zero-order valence-corrected chi connectivity index (χ0v) is 8.34. The van der Waals surface area contributed by atoms with Crippen LogP contribution in [0.2, 0.25) is 0 Å². The van der Waals surface area contributed by atoms with Gasteiger partial charge in [-0.05, 0) is 31.6 Å². The van der Waals surface area contributed by atoms with E-state index in [4.69, 9.17) is 5.73 Å². The van der Waals surface area contributed by atoms with E-state index in [2.05, 4.69) is 19.9 Å². The molecule has 2 atom stereocenters. The molecule has 1 rings (SSSR count). The normalized spacial score (nSPS) is 22.4. The second-order valence-corrected chi connectivity index (χ2v) is 3.99. The van der Waals surface area contributed by atoms with Gasteiger partial charge in [-0.2, -0.15) is 0 Å². The first kappa shape index (κ1) is 9.79. The first-order valence-electron chi connectivity index (χ1n) is 5.19. The molecule has 0 amide bonds. The average molecular weight is 167 g/mol. The van der Waals surface area contributed by atoms with Gasteiger partial charge in [-0.3, -0.25) is 0 Å². The SMILES string of the molecule is CC[C@@H](C)[C@H](N)C=C1CCCC1. The summed E-state index contributed by atoms with van der Waals surface area (Å²) >= 11 is 0. The van der Waals surface area contributed by atoms with Crippen LogP contribution < -0.4 is 5.73 Å². The minimum absolute atomic E-state index is 0.295. The van der Waals surface area contributed by atoms with Gasteiger partial charge < -0.3 is 5.73 Å². The van der Waals surface area contributed by atoms with Gasteiger partial charge in [-0.15, -0.1) is 0 Å². The molecule has 1 aliphatic carbocycles. The summed E-state index contributed by atoms with van der Waals surface area (Å²) in [6.07, 6.45) is 8.83. The van der Waals surface area contributed by atoms with Gasteiger partial charge in [0.1, 0.15) is 0 Å².